The summed E-state index contributed by atoms with van der Waals surface area (Å²) >= 11 is 6.26. The first-order valence-corrected chi connectivity index (χ1v) is 7.71. The van der Waals surface area contributed by atoms with Crippen molar-refractivity contribution in [2.45, 2.75) is 33.0 Å². The van der Waals surface area contributed by atoms with Gasteiger partial charge in [-0.05, 0) is 23.3 Å². The molecule has 2 aromatic carbocycles. The number of nitrogens with one attached hydrogen (secondary N) is 1. The SMILES string of the molecule is CC(C)NCc1ccccc1N(C)Cc1ccccc1Cl. The summed E-state index contributed by atoms with van der Waals surface area (Å²) < 4.78 is 0. The Bertz CT molecular complexity index is 581. The van der Waals surface area contributed by atoms with Gasteiger partial charge in [-0.15, -0.1) is 0 Å². The monoisotopic (exact) mass is 302 g/mol. The Morgan fingerprint density at radius 2 is 1.62 bits per heavy atom. The highest BCUT2D eigenvalue weighted by Crippen LogP contribution is 2.23. The first kappa shape index (κ1) is 15.9. The molecule has 0 saturated heterocycles. The van der Waals surface area contributed by atoms with Crippen molar-refractivity contribution >= 4 is 17.3 Å². The number of hydrogen-bond acceptors (Lipinski definition) is 2. The lowest BCUT2D eigenvalue weighted by molar-refractivity contribution is 0.588. The van der Waals surface area contributed by atoms with Gasteiger partial charge in [-0.2, -0.15) is 0 Å². The van der Waals surface area contributed by atoms with Crippen LogP contribution in [0.25, 0.3) is 0 Å². The van der Waals surface area contributed by atoms with Crippen molar-refractivity contribution in [2.24, 2.45) is 0 Å². The summed E-state index contributed by atoms with van der Waals surface area (Å²) in [5.74, 6) is 0. The predicted octanol–water partition coefficient (Wildman–Crippen LogP) is 4.47. The van der Waals surface area contributed by atoms with Crippen molar-refractivity contribution in [2.75, 3.05) is 11.9 Å². The van der Waals surface area contributed by atoms with Crippen LogP contribution < -0.4 is 10.2 Å². The van der Waals surface area contributed by atoms with Gasteiger partial charge in [-0.25, -0.2) is 0 Å². The highest BCUT2D eigenvalue weighted by atomic mass is 35.5. The van der Waals surface area contributed by atoms with Crippen LogP contribution >= 0.6 is 11.6 Å². The van der Waals surface area contributed by atoms with Crippen LogP contribution in [-0.2, 0) is 13.1 Å². The van der Waals surface area contributed by atoms with Gasteiger partial charge in [-0.3, -0.25) is 0 Å². The van der Waals surface area contributed by atoms with Crippen LogP contribution in [0.4, 0.5) is 5.69 Å². The van der Waals surface area contributed by atoms with Gasteiger partial charge in [-0.1, -0.05) is 61.8 Å². The largest absolute Gasteiger partial charge is 0.370 e. The number of rotatable bonds is 6. The minimum absolute atomic E-state index is 0.479. The molecule has 0 aliphatic carbocycles. The van der Waals surface area contributed by atoms with Crippen molar-refractivity contribution in [3.05, 3.63) is 64.7 Å². The smallest absolute Gasteiger partial charge is 0.0455 e. The molecule has 0 spiro atoms. The average Bonchev–Trinajstić information content (AvgIpc) is 2.47. The fourth-order valence-electron chi connectivity index (χ4n) is 2.31. The van der Waals surface area contributed by atoms with E-state index in [2.05, 4.69) is 61.4 Å². The Morgan fingerprint density at radius 1 is 1.00 bits per heavy atom. The van der Waals surface area contributed by atoms with E-state index in [1.54, 1.807) is 0 Å². The maximum atomic E-state index is 6.26. The molecule has 2 aromatic rings. The molecule has 0 aromatic heterocycles. The second kappa shape index (κ2) is 7.48. The minimum atomic E-state index is 0.479. The van der Waals surface area contributed by atoms with Crippen molar-refractivity contribution in [1.29, 1.82) is 0 Å². The molecule has 0 aliphatic rings. The summed E-state index contributed by atoms with van der Waals surface area (Å²) in [5.41, 5.74) is 3.69. The number of benzene rings is 2. The van der Waals surface area contributed by atoms with E-state index in [0.717, 1.165) is 23.7 Å². The van der Waals surface area contributed by atoms with Crippen molar-refractivity contribution < 1.29 is 0 Å². The maximum Gasteiger partial charge on any atom is 0.0455 e. The van der Waals surface area contributed by atoms with Crippen LogP contribution in [0.1, 0.15) is 25.0 Å². The van der Waals surface area contributed by atoms with E-state index in [1.165, 1.54) is 11.3 Å². The van der Waals surface area contributed by atoms with Gasteiger partial charge < -0.3 is 10.2 Å². The van der Waals surface area contributed by atoms with Crippen LogP contribution in [-0.4, -0.2) is 13.1 Å². The van der Waals surface area contributed by atoms with E-state index >= 15 is 0 Å². The minimum Gasteiger partial charge on any atom is -0.370 e. The van der Waals surface area contributed by atoms with Gasteiger partial charge in [0, 0.05) is 36.9 Å². The highest BCUT2D eigenvalue weighted by Gasteiger charge is 2.09. The Hall–Kier alpha value is -1.51. The normalized spacial score (nSPS) is 10.9. The summed E-state index contributed by atoms with van der Waals surface area (Å²) in [4.78, 5) is 2.25. The summed E-state index contributed by atoms with van der Waals surface area (Å²) in [6.45, 7) is 6.01. The second-order valence-electron chi connectivity index (χ2n) is 5.61. The molecule has 0 saturated carbocycles. The number of hydrogen-bond donors (Lipinski definition) is 1. The number of para-hydroxylation sites is 1. The molecule has 3 heteroatoms. The lowest BCUT2D eigenvalue weighted by Crippen LogP contribution is -2.24. The van der Waals surface area contributed by atoms with Gasteiger partial charge in [0.15, 0.2) is 0 Å². The molecule has 0 atom stereocenters. The van der Waals surface area contributed by atoms with Crippen molar-refractivity contribution in [1.82, 2.24) is 5.32 Å². The quantitative estimate of drug-likeness (QED) is 0.846. The average molecular weight is 303 g/mol. The van der Waals surface area contributed by atoms with Crippen LogP contribution in [0.3, 0.4) is 0 Å². The molecule has 1 N–H and O–H groups in total. The van der Waals surface area contributed by atoms with E-state index in [9.17, 15) is 0 Å². The third-order valence-electron chi connectivity index (χ3n) is 3.47. The Morgan fingerprint density at radius 3 is 2.29 bits per heavy atom. The van der Waals surface area contributed by atoms with E-state index < -0.39 is 0 Å². The number of halogens is 1. The zero-order valence-electron chi connectivity index (χ0n) is 12.9. The number of nitrogens with zero attached hydrogens (tertiary/aromatic N) is 1. The molecule has 21 heavy (non-hydrogen) atoms. The molecule has 0 amide bonds. The molecule has 112 valence electrons. The van der Waals surface area contributed by atoms with Gasteiger partial charge in [0.25, 0.3) is 0 Å². The molecule has 0 unspecified atom stereocenters. The molecule has 0 heterocycles. The molecule has 2 nitrogen and oxygen atoms in total. The zero-order chi connectivity index (χ0) is 15.2. The summed E-state index contributed by atoms with van der Waals surface area (Å²) in [6.07, 6.45) is 0. The Kier molecular flexibility index (Phi) is 5.66. The standard InChI is InChI=1S/C18H23ClN2/c1-14(2)20-12-15-8-5-7-11-18(15)21(3)13-16-9-4-6-10-17(16)19/h4-11,14,20H,12-13H2,1-3H3. The van der Waals surface area contributed by atoms with E-state index in [0.29, 0.717) is 6.04 Å². The van der Waals surface area contributed by atoms with Crippen LogP contribution in [0.5, 0.6) is 0 Å². The summed E-state index contributed by atoms with van der Waals surface area (Å²) in [7, 11) is 2.11. The third-order valence-corrected chi connectivity index (χ3v) is 3.84. The van der Waals surface area contributed by atoms with Crippen molar-refractivity contribution in [3.8, 4) is 0 Å². The maximum absolute atomic E-state index is 6.26. The summed E-state index contributed by atoms with van der Waals surface area (Å²) in [5, 5.41) is 4.30. The molecular weight excluding hydrogens is 280 g/mol. The lowest BCUT2D eigenvalue weighted by Gasteiger charge is -2.23. The second-order valence-corrected chi connectivity index (χ2v) is 6.02. The topological polar surface area (TPSA) is 15.3 Å². The highest BCUT2D eigenvalue weighted by molar-refractivity contribution is 6.31. The molecular formula is C18H23ClN2. The first-order chi connectivity index (χ1) is 10.1. The van der Waals surface area contributed by atoms with Gasteiger partial charge >= 0.3 is 0 Å². The third kappa shape index (κ3) is 4.48. The van der Waals surface area contributed by atoms with E-state index in [4.69, 9.17) is 11.6 Å². The van der Waals surface area contributed by atoms with Crippen molar-refractivity contribution in [3.63, 3.8) is 0 Å². The molecule has 0 fully saturated rings. The molecule has 2 rings (SSSR count). The van der Waals surface area contributed by atoms with E-state index in [1.807, 2.05) is 18.2 Å². The van der Waals surface area contributed by atoms with Gasteiger partial charge in [0.1, 0.15) is 0 Å². The fourth-order valence-corrected chi connectivity index (χ4v) is 2.51. The molecule has 0 radical (unpaired) electrons. The fraction of sp³-hybridized carbons (Fsp3) is 0.333. The molecule has 0 aliphatic heterocycles. The van der Waals surface area contributed by atoms with Crippen LogP contribution in [0.15, 0.2) is 48.5 Å². The van der Waals surface area contributed by atoms with Gasteiger partial charge in [0.05, 0.1) is 0 Å². The lowest BCUT2D eigenvalue weighted by atomic mass is 10.1. The van der Waals surface area contributed by atoms with Crippen LogP contribution in [0.2, 0.25) is 5.02 Å². The summed E-state index contributed by atoms with van der Waals surface area (Å²) in [6, 6.07) is 17.0. The van der Waals surface area contributed by atoms with Crippen LogP contribution in [0, 0.1) is 0 Å². The van der Waals surface area contributed by atoms with Gasteiger partial charge in [0.2, 0.25) is 0 Å². The zero-order valence-corrected chi connectivity index (χ0v) is 13.7. The predicted molar refractivity (Wildman–Crippen MR) is 92.0 cm³/mol. The first-order valence-electron chi connectivity index (χ1n) is 7.33. The van der Waals surface area contributed by atoms with E-state index in [-0.39, 0.29) is 0 Å². The number of anilines is 1. The molecule has 0 bridgehead atoms. The Labute approximate surface area is 132 Å². The Balaban J connectivity index is 2.15.